The van der Waals surface area contributed by atoms with Gasteiger partial charge >= 0.3 is 0 Å². The molecule has 27 heavy (non-hydrogen) atoms. The highest BCUT2D eigenvalue weighted by atomic mass is 35.5. The monoisotopic (exact) mass is 425 g/mol. The molecule has 0 spiro atoms. The molecule has 146 valence electrons. The highest BCUT2D eigenvalue weighted by molar-refractivity contribution is 8.04. The van der Waals surface area contributed by atoms with E-state index in [2.05, 4.69) is 0 Å². The quantitative estimate of drug-likeness (QED) is 0.528. The van der Waals surface area contributed by atoms with Crippen LogP contribution >= 0.6 is 35.0 Å². The van der Waals surface area contributed by atoms with Crippen molar-refractivity contribution in [3.63, 3.8) is 0 Å². The fraction of sp³-hybridized carbons (Fsp3) is 0.524. The predicted molar refractivity (Wildman–Crippen MR) is 114 cm³/mol. The van der Waals surface area contributed by atoms with Gasteiger partial charge in [-0.15, -0.1) is 11.8 Å². The fourth-order valence-corrected chi connectivity index (χ4v) is 5.31. The Labute approximate surface area is 175 Å². The largest absolute Gasteiger partial charge is 0.271 e. The molecular formula is C21H25Cl2NO2S. The van der Waals surface area contributed by atoms with Gasteiger partial charge in [-0.2, -0.15) is 0 Å². The van der Waals surface area contributed by atoms with Crippen molar-refractivity contribution in [2.75, 3.05) is 0 Å². The third-order valence-electron chi connectivity index (χ3n) is 5.07. The first-order valence-corrected chi connectivity index (χ1v) is 11.3. The number of hydrogen-bond acceptors (Lipinski definition) is 3. The molecule has 1 heterocycles. The van der Waals surface area contributed by atoms with Gasteiger partial charge in [0.25, 0.3) is 11.8 Å². The molecule has 2 amide bonds. The summed E-state index contributed by atoms with van der Waals surface area (Å²) in [5, 5.41) is 1.10. The van der Waals surface area contributed by atoms with E-state index in [-0.39, 0.29) is 23.1 Å². The molecule has 2 aliphatic rings. The minimum Gasteiger partial charge on any atom is -0.271 e. The molecule has 3 rings (SSSR count). The van der Waals surface area contributed by atoms with E-state index in [1.54, 1.807) is 18.2 Å². The Hall–Kier alpha value is -0.970. The number of halogens is 2. The SMILES string of the molecule is CC(C)SC1=C(c2ccc(Cl)cc2Cl)C(=O)N(C2CCCCCCC2)C1=O. The lowest BCUT2D eigenvalue weighted by atomic mass is 9.95. The molecule has 0 saturated heterocycles. The molecule has 1 aromatic rings. The Morgan fingerprint density at radius 1 is 1.00 bits per heavy atom. The van der Waals surface area contributed by atoms with Crippen LogP contribution in [0, 0.1) is 0 Å². The minimum absolute atomic E-state index is 0.0170. The van der Waals surface area contributed by atoms with Gasteiger partial charge in [0.15, 0.2) is 0 Å². The summed E-state index contributed by atoms with van der Waals surface area (Å²) in [6.07, 6.45) is 7.48. The first kappa shape index (κ1) is 20.8. The molecule has 1 fully saturated rings. The molecule has 0 aromatic heterocycles. The predicted octanol–water partition coefficient (Wildman–Crippen LogP) is 6.33. The van der Waals surface area contributed by atoms with E-state index in [1.165, 1.54) is 35.9 Å². The zero-order valence-corrected chi connectivity index (χ0v) is 18.1. The van der Waals surface area contributed by atoms with Crippen LogP contribution in [0.15, 0.2) is 23.1 Å². The second-order valence-corrected chi connectivity index (χ2v) is 9.90. The second kappa shape index (κ2) is 9.02. The maximum atomic E-state index is 13.4. The Morgan fingerprint density at radius 3 is 2.22 bits per heavy atom. The summed E-state index contributed by atoms with van der Waals surface area (Å²) in [6.45, 7) is 4.05. The van der Waals surface area contributed by atoms with Gasteiger partial charge in [0.05, 0.1) is 15.5 Å². The van der Waals surface area contributed by atoms with Crippen molar-refractivity contribution in [3.8, 4) is 0 Å². The highest BCUT2D eigenvalue weighted by Crippen LogP contribution is 2.42. The number of carbonyl (C=O) groups is 2. The van der Waals surface area contributed by atoms with E-state index in [1.807, 2.05) is 13.8 Å². The molecule has 3 nitrogen and oxygen atoms in total. The van der Waals surface area contributed by atoms with Crippen molar-refractivity contribution in [2.45, 2.75) is 70.1 Å². The van der Waals surface area contributed by atoms with Crippen LogP contribution in [0.3, 0.4) is 0 Å². The molecule has 0 N–H and O–H groups in total. The summed E-state index contributed by atoms with van der Waals surface area (Å²) in [6, 6.07) is 5.06. The van der Waals surface area contributed by atoms with E-state index < -0.39 is 0 Å². The van der Waals surface area contributed by atoms with Crippen LogP contribution in [0.1, 0.15) is 64.4 Å². The summed E-state index contributed by atoms with van der Waals surface area (Å²) in [7, 11) is 0. The number of nitrogens with zero attached hydrogens (tertiary/aromatic N) is 1. The van der Waals surface area contributed by atoms with Crippen molar-refractivity contribution in [1.82, 2.24) is 4.90 Å². The van der Waals surface area contributed by atoms with Crippen LogP contribution in [-0.4, -0.2) is 28.0 Å². The van der Waals surface area contributed by atoms with Gasteiger partial charge in [-0.25, -0.2) is 0 Å². The van der Waals surface area contributed by atoms with Gasteiger partial charge in [-0.1, -0.05) is 75.2 Å². The smallest absolute Gasteiger partial charge is 0.268 e. The van der Waals surface area contributed by atoms with Crippen LogP contribution in [-0.2, 0) is 9.59 Å². The Kier molecular flexibility index (Phi) is 6.93. The molecule has 1 aliphatic heterocycles. The number of carbonyl (C=O) groups excluding carboxylic acids is 2. The van der Waals surface area contributed by atoms with Crippen LogP contribution in [0.5, 0.6) is 0 Å². The lowest BCUT2D eigenvalue weighted by Gasteiger charge is -2.28. The van der Waals surface area contributed by atoms with Crippen LogP contribution < -0.4 is 0 Å². The Bertz CT molecular complexity index is 767. The second-order valence-electron chi connectivity index (χ2n) is 7.47. The summed E-state index contributed by atoms with van der Waals surface area (Å²) in [4.78, 5) is 28.7. The third kappa shape index (κ3) is 4.55. The number of thioether (sulfide) groups is 1. The average molecular weight is 426 g/mol. The minimum atomic E-state index is -0.210. The van der Waals surface area contributed by atoms with E-state index in [0.29, 0.717) is 26.1 Å². The lowest BCUT2D eigenvalue weighted by Crippen LogP contribution is -2.41. The molecule has 0 radical (unpaired) electrons. The van der Waals surface area contributed by atoms with Crippen molar-refractivity contribution < 1.29 is 9.59 Å². The Balaban J connectivity index is 2.00. The van der Waals surface area contributed by atoms with Gasteiger partial charge in [-0.3, -0.25) is 14.5 Å². The molecule has 6 heteroatoms. The van der Waals surface area contributed by atoms with E-state index in [9.17, 15) is 9.59 Å². The number of amides is 2. The summed E-state index contributed by atoms with van der Waals surface area (Å²) in [5.41, 5.74) is 1.03. The Morgan fingerprint density at radius 2 is 1.63 bits per heavy atom. The summed E-state index contributed by atoms with van der Waals surface area (Å²) in [5.74, 6) is -0.372. The average Bonchev–Trinajstić information content (AvgIpc) is 2.79. The maximum Gasteiger partial charge on any atom is 0.268 e. The topological polar surface area (TPSA) is 37.4 Å². The molecule has 0 unspecified atom stereocenters. The highest BCUT2D eigenvalue weighted by Gasteiger charge is 2.43. The summed E-state index contributed by atoms with van der Waals surface area (Å²) < 4.78 is 0. The zero-order chi connectivity index (χ0) is 19.6. The van der Waals surface area contributed by atoms with Crippen LogP contribution in [0.25, 0.3) is 5.57 Å². The molecule has 1 aromatic carbocycles. The first-order chi connectivity index (χ1) is 12.9. The van der Waals surface area contributed by atoms with E-state index >= 15 is 0 Å². The first-order valence-electron chi connectivity index (χ1n) is 9.64. The fourth-order valence-electron chi connectivity index (χ4n) is 3.83. The lowest BCUT2D eigenvalue weighted by molar-refractivity contribution is -0.139. The standard InChI is InChI=1S/C21H25Cl2NO2S/c1-13(2)27-19-18(16-11-10-14(22)12-17(16)23)20(25)24(21(19)26)15-8-6-4-3-5-7-9-15/h10-13,15H,3-9H2,1-2H3. The number of hydrogen-bond donors (Lipinski definition) is 0. The van der Waals surface area contributed by atoms with Crippen LogP contribution in [0.2, 0.25) is 10.0 Å². The van der Waals surface area contributed by atoms with Crippen molar-refractivity contribution in [3.05, 3.63) is 38.7 Å². The van der Waals surface area contributed by atoms with Crippen LogP contribution in [0.4, 0.5) is 0 Å². The normalized spacial score (nSPS) is 19.8. The number of rotatable bonds is 4. The van der Waals surface area contributed by atoms with Crippen molar-refractivity contribution in [2.24, 2.45) is 0 Å². The molecular weight excluding hydrogens is 401 g/mol. The zero-order valence-electron chi connectivity index (χ0n) is 15.8. The number of benzene rings is 1. The van der Waals surface area contributed by atoms with Gasteiger partial charge < -0.3 is 0 Å². The number of imide groups is 1. The van der Waals surface area contributed by atoms with Gasteiger partial charge in [-0.05, 0) is 25.0 Å². The van der Waals surface area contributed by atoms with E-state index in [0.717, 1.165) is 25.7 Å². The summed E-state index contributed by atoms with van der Waals surface area (Å²) >= 11 is 13.9. The molecule has 0 bridgehead atoms. The molecule has 1 saturated carbocycles. The van der Waals surface area contributed by atoms with Crippen molar-refractivity contribution in [1.29, 1.82) is 0 Å². The maximum absolute atomic E-state index is 13.4. The van der Waals surface area contributed by atoms with Crippen molar-refractivity contribution >= 4 is 52.4 Å². The van der Waals surface area contributed by atoms with Gasteiger partial charge in [0.1, 0.15) is 0 Å². The third-order valence-corrected chi connectivity index (χ3v) is 6.70. The van der Waals surface area contributed by atoms with E-state index in [4.69, 9.17) is 23.2 Å². The molecule has 1 aliphatic carbocycles. The van der Waals surface area contributed by atoms with Gasteiger partial charge in [0.2, 0.25) is 0 Å². The molecule has 0 atom stereocenters. The van der Waals surface area contributed by atoms with Gasteiger partial charge in [0, 0.05) is 21.9 Å².